The highest BCUT2D eigenvalue weighted by atomic mass is 32.2. The molecule has 0 aliphatic heterocycles. The summed E-state index contributed by atoms with van der Waals surface area (Å²) in [5.41, 5.74) is 0.638. The van der Waals surface area contributed by atoms with Crippen molar-refractivity contribution in [3.8, 4) is 16.5 Å². The first-order chi connectivity index (χ1) is 11.3. The maximum atomic E-state index is 12.2. The SMILES string of the molecule is CCOc1ccc(C(=O)CSc2nnc(-c3cccs3)o2)cc1. The zero-order chi connectivity index (χ0) is 16.1. The summed E-state index contributed by atoms with van der Waals surface area (Å²) in [6, 6.07) is 11.0. The molecule has 0 fully saturated rings. The van der Waals surface area contributed by atoms with Crippen molar-refractivity contribution in [2.45, 2.75) is 12.1 Å². The van der Waals surface area contributed by atoms with Gasteiger partial charge in [0.25, 0.3) is 11.1 Å². The van der Waals surface area contributed by atoms with Crippen LogP contribution < -0.4 is 4.74 Å². The van der Waals surface area contributed by atoms with Crippen LogP contribution in [-0.2, 0) is 0 Å². The number of thioether (sulfide) groups is 1. The molecule has 0 atom stereocenters. The molecule has 23 heavy (non-hydrogen) atoms. The Hall–Kier alpha value is -2.12. The summed E-state index contributed by atoms with van der Waals surface area (Å²) in [7, 11) is 0. The van der Waals surface area contributed by atoms with Gasteiger partial charge in [0.15, 0.2) is 5.78 Å². The molecule has 0 bridgehead atoms. The molecule has 0 spiro atoms. The molecule has 0 saturated carbocycles. The van der Waals surface area contributed by atoms with Crippen LogP contribution in [0.3, 0.4) is 0 Å². The molecular formula is C16H14N2O3S2. The van der Waals surface area contributed by atoms with Gasteiger partial charge in [-0.25, -0.2) is 0 Å². The summed E-state index contributed by atoms with van der Waals surface area (Å²) < 4.78 is 10.9. The molecule has 0 aliphatic carbocycles. The van der Waals surface area contributed by atoms with Gasteiger partial charge in [0, 0.05) is 5.56 Å². The maximum Gasteiger partial charge on any atom is 0.277 e. The van der Waals surface area contributed by atoms with Gasteiger partial charge in [0.05, 0.1) is 17.2 Å². The van der Waals surface area contributed by atoms with Crippen LogP contribution in [0.2, 0.25) is 0 Å². The van der Waals surface area contributed by atoms with Crippen LogP contribution in [0.1, 0.15) is 17.3 Å². The van der Waals surface area contributed by atoms with Gasteiger partial charge in [-0.15, -0.1) is 21.5 Å². The monoisotopic (exact) mass is 346 g/mol. The first kappa shape index (κ1) is 15.8. The molecule has 0 N–H and O–H groups in total. The minimum atomic E-state index is 0.00826. The van der Waals surface area contributed by atoms with Gasteiger partial charge in [-0.1, -0.05) is 17.8 Å². The van der Waals surface area contributed by atoms with Crippen LogP contribution in [0.5, 0.6) is 5.75 Å². The van der Waals surface area contributed by atoms with Crippen LogP contribution in [0, 0.1) is 0 Å². The van der Waals surface area contributed by atoms with Crippen molar-refractivity contribution >= 4 is 28.9 Å². The number of aromatic nitrogens is 2. The third-order valence-electron chi connectivity index (χ3n) is 2.95. The second-order valence-corrected chi connectivity index (χ2v) is 6.39. The molecule has 0 unspecified atom stereocenters. The third kappa shape index (κ3) is 4.00. The Morgan fingerprint density at radius 2 is 2.09 bits per heavy atom. The minimum Gasteiger partial charge on any atom is -0.494 e. The topological polar surface area (TPSA) is 65.2 Å². The van der Waals surface area contributed by atoms with Crippen LogP contribution in [-0.4, -0.2) is 28.3 Å². The molecule has 5 nitrogen and oxygen atoms in total. The van der Waals surface area contributed by atoms with Crippen molar-refractivity contribution in [2.75, 3.05) is 12.4 Å². The fourth-order valence-electron chi connectivity index (χ4n) is 1.88. The highest BCUT2D eigenvalue weighted by Gasteiger charge is 2.13. The Morgan fingerprint density at radius 1 is 1.26 bits per heavy atom. The van der Waals surface area contributed by atoms with Crippen molar-refractivity contribution in [3.63, 3.8) is 0 Å². The van der Waals surface area contributed by atoms with Crippen molar-refractivity contribution in [1.29, 1.82) is 0 Å². The van der Waals surface area contributed by atoms with E-state index in [9.17, 15) is 4.79 Å². The van der Waals surface area contributed by atoms with E-state index in [4.69, 9.17) is 9.15 Å². The van der Waals surface area contributed by atoms with Crippen molar-refractivity contribution < 1.29 is 13.9 Å². The zero-order valence-corrected chi connectivity index (χ0v) is 14.0. The lowest BCUT2D eigenvalue weighted by molar-refractivity contribution is 0.102. The van der Waals surface area contributed by atoms with Gasteiger partial charge in [0.1, 0.15) is 5.75 Å². The largest absolute Gasteiger partial charge is 0.494 e. The number of ketones is 1. The van der Waals surface area contributed by atoms with E-state index in [1.165, 1.54) is 23.1 Å². The molecular weight excluding hydrogens is 332 g/mol. The quantitative estimate of drug-likeness (QED) is 0.472. The van der Waals surface area contributed by atoms with Gasteiger partial charge in [-0.05, 0) is 42.6 Å². The first-order valence-corrected chi connectivity index (χ1v) is 8.89. The number of rotatable bonds is 7. The standard InChI is InChI=1S/C16H14N2O3S2/c1-2-20-12-7-5-11(6-8-12)13(19)10-23-16-18-17-15(21-16)14-4-3-9-22-14/h3-9H,2,10H2,1H3. The maximum absolute atomic E-state index is 12.2. The summed E-state index contributed by atoms with van der Waals surface area (Å²) in [5.74, 6) is 1.50. The smallest absolute Gasteiger partial charge is 0.277 e. The summed E-state index contributed by atoms with van der Waals surface area (Å²) in [4.78, 5) is 13.1. The molecule has 0 amide bonds. The van der Waals surface area contributed by atoms with Gasteiger partial charge >= 0.3 is 0 Å². The van der Waals surface area contributed by atoms with E-state index in [0.717, 1.165) is 10.6 Å². The van der Waals surface area contributed by atoms with E-state index in [1.807, 2.05) is 24.4 Å². The molecule has 1 aromatic carbocycles. The third-order valence-corrected chi connectivity index (χ3v) is 4.63. The average Bonchev–Trinajstić information content (AvgIpc) is 3.25. The van der Waals surface area contributed by atoms with Crippen molar-refractivity contribution in [3.05, 3.63) is 47.3 Å². The molecule has 0 saturated heterocycles. The van der Waals surface area contributed by atoms with E-state index < -0.39 is 0 Å². The van der Waals surface area contributed by atoms with E-state index in [2.05, 4.69) is 10.2 Å². The van der Waals surface area contributed by atoms with Gasteiger partial charge in [-0.3, -0.25) is 4.79 Å². The first-order valence-electron chi connectivity index (χ1n) is 7.02. The normalized spacial score (nSPS) is 10.7. The predicted molar refractivity (Wildman–Crippen MR) is 90.3 cm³/mol. The molecule has 0 radical (unpaired) electrons. The Morgan fingerprint density at radius 3 is 2.78 bits per heavy atom. The summed E-state index contributed by atoms with van der Waals surface area (Å²) in [6.45, 7) is 2.53. The van der Waals surface area contributed by atoms with E-state index in [1.54, 1.807) is 24.3 Å². The van der Waals surface area contributed by atoms with Gasteiger partial charge in [-0.2, -0.15) is 0 Å². The molecule has 3 rings (SSSR count). The second kappa shape index (κ2) is 7.43. The number of ether oxygens (including phenoxy) is 1. The minimum absolute atomic E-state index is 0.00826. The average molecular weight is 346 g/mol. The van der Waals surface area contributed by atoms with Crippen LogP contribution >= 0.6 is 23.1 Å². The van der Waals surface area contributed by atoms with Gasteiger partial charge < -0.3 is 9.15 Å². The predicted octanol–water partition coefficient (Wildman–Crippen LogP) is 4.17. The van der Waals surface area contributed by atoms with E-state index >= 15 is 0 Å². The van der Waals surface area contributed by atoms with Crippen LogP contribution in [0.4, 0.5) is 0 Å². The van der Waals surface area contributed by atoms with Crippen molar-refractivity contribution in [1.82, 2.24) is 10.2 Å². The Bertz CT molecular complexity index is 767. The van der Waals surface area contributed by atoms with Gasteiger partial charge in [0.2, 0.25) is 0 Å². The number of carbonyl (C=O) groups is 1. The lowest BCUT2D eigenvalue weighted by Crippen LogP contribution is -2.02. The Labute approximate surface area is 141 Å². The molecule has 2 aromatic heterocycles. The molecule has 3 aromatic rings. The summed E-state index contributed by atoms with van der Waals surface area (Å²) in [6.07, 6.45) is 0. The lowest BCUT2D eigenvalue weighted by Gasteiger charge is -2.03. The number of carbonyl (C=O) groups excluding carboxylic acids is 1. The van der Waals surface area contributed by atoms with E-state index in [0.29, 0.717) is 23.3 Å². The molecule has 2 heterocycles. The number of benzene rings is 1. The number of hydrogen-bond acceptors (Lipinski definition) is 7. The molecule has 0 aliphatic rings. The van der Waals surface area contributed by atoms with Crippen LogP contribution in [0.15, 0.2) is 51.4 Å². The second-order valence-electron chi connectivity index (χ2n) is 4.52. The number of nitrogens with zero attached hydrogens (tertiary/aromatic N) is 2. The number of thiophene rings is 1. The highest BCUT2D eigenvalue weighted by molar-refractivity contribution is 7.99. The molecule has 7 heteroatoms. The number of Topliss-reactive ketones (excluding diaryl/α,β-unsaturated/α-hetero) is 1. The fraction of sp³-hybridized carbons (Fsp3) is 0.188. The molecule has 118 valence electrons. The fourth-order valence-corrected chi connectivity index (χ4v) is 3.18. The Kier molecular flexibility index (Phi) is 5.09. The van der Waals surface area contributed by atoms with Crippen LogP contribution in [0.25, 0.3) is 10.8 Å². The summed E-state index contributed by atoms with van der Waals surface area (Å²) >= 11 is 2.77. The Balaban J connectivity index is 1.58. The van der Waals surface area contributed by atoms with Crippen molar-refractivity contribution in [2.24, 2.45) is 0 Å². The zero-order valence-electron chi connectivity index (χ0n) is 12.4. The number of hydrogen-bond donors (Lipinski definition) is 0. The lowest BCUT2D eigenvalue weighted by atomic mass is 10.1. The van der Waals surface area contributed by atoms with E-state index in [-0.39, 0.29) is 11.5 Å². The summed E-state index contributed by atoms with van der Waals surface area (Å²) in [5, 5.41) is 10.3. The highest BCUT2D eigenvalue weighted by Crippen LogP contribution is 2.26.